The number of aromatic amines is 1. The Morgan fingerprint density at radius 2 is 2.00 bits per heavy atom. The van der Waals surface area contributed by atoms with Crippen molar-refractivity contribution < 1.29 is 18.6 Å². The first-order valence-corrected chi connectivity index (χ1v) is 6.23. The van der Waals surface area contributed by atoms with Gasteiger partial charge in [0.05, 0.1) is 24.1 Å². The van der Waals surface area contributed by atoms with Crippen LogP contribution in [-0.4, -0.2) is 58.4 Å². The molecule has 2 rings (SSSR count). The first-order chi connectivity index (χ1) is 7.43. The average molecular weight is 247 g/mol. The molecule has 1 aromatic heterocycles. The lowest BCUT2D eigenvalue weighted by atomic mass is 10.3. The van der Waals surface area contributed by atoms with Gasteiger partial charge in [0.2, 0.25) is 10.0 Å². The van der Waals surface area contributed by atoms with Crippen LogP contribution in [0.2, 0.25) is 0 Å². The van der Waals surface area contributed by atoms with E-state index in [2.05, 4.69) is 10.2 Å². The highest BCUT2D eigenvalue weighted by atomic mass is 32.2. The Labute approximate surface area is 92.8 Å². The summed E-state index contributed by atoms with van der Waals surface area (Å²) < 4.78 is 25.2. The van der Waals surface area contributed by atoms with Gasteiger partial charge in [-0.25, -0.2) is 8.42 Å². The number of nitrogens with one attached hydrogen (secondary N) is 1. The number of hydrogen-bond acceptors (Lipinski definition) is 5. The van der Waals surface area contributed by atoms with E-state index in [9.17, 15) is 18.6 Å². The van der Waals surface area contributed by atoms with Crippen LogP contribution in [0.25, 0.3) is 0 Å². The summed E-state index contributed by atoms with van der Waals surface area (Å²) >= 11 is 0. The normalized spacial score (nSPS) is 27.4. The van der Waals surface area contributed by atoms with Gasteiger partial charge in [0, 0.05) is 13.1 Å². The van der Waals surface area contributed by atoms with Crippen molar-refractivity contribution >= 4 is 10.0 Å². The van der Waals surface area contributed by atoms with Crippen molar-refractivity contribution in [3.63, 3.8) is 0 Å². The Morgan fingerprint density at radius 1 is 1.44 bits per heavy atom. The van der Waals surface area contributed by atoms with Gasteiger partial charge in [-0.15, -0.1) is 0 Å². The number of rotatable bonds is 2. The number of aromatic nitrogens is 2. The number of sulfonamides is 1. The fourth-order valence-electron chi connectivity index (χ4n) is 1.67. The summed E-state index contributed by atoms with van der Waals surface area (Å²) in [5, 5.41) is 24.8. The molecule has 2 unspecified atom stereocenters. The molecule has 0 saturated carbocycles. The Bertz CT molecular complexity index is 473. The molecule has 0 bridgehead atoms. The van der Waals surface area contributed by atoms with E-state index < -0.39 is 22.2 Å². The molecule has 8 heteroatoms. The minimum Gasteiger partial charge on any atom is -0.389 e. The molecule has 0 aliphatic carbocycles. The summed E-state index contributed by atoms with van der Waals surface area (Å²) in [6, 6.07) is 0. The summed E-state index contributed by atoms with van der Waals surface area (Å²) in [6.45, 7) is 1.42. The molecule has 2 atom stereocenters. The third-order valence-corrected chi connectivity index (χ3v) is 4.57. The number of aliphatic hydroxyl groups is 2. The first-order valence-electron chi connectivity index (χ1n) is 4.79. The van der Waals surface area contributed by atoms with Gasteiger partial charge in [0.1, 0.15) is 4.90 Å². The predicted molar refractivity (Wildman–Crippen MR) is 54.1 cm³/mol. The molecule has 16 heavy (non-hydrogen) atoms. The molecule has 7 nitrogen and oxygen atoms in total. The zero-order chi connectivity index (χ0) is 11.9. The molecule has 0 radical (unpaired) electrons. The maximum atomic E-state index is 12.1. The van der Waals surface area contributed by atoms with Crippen LogP contribution in [0.15, 0.2) is 11.1 Å². The van der Waals surface area contributed by atoms with Gasteiger partial charge in [-0.2, -0.15) is 9.40 Å². The summed E-state index contributed by atoms with van der Waals surface area (Å²) in [4.78, 5) is 0.0776. The SMILES string of the molecule is Cc1[nH]ncc1S(=O)(=O)N1CC(O)C(O)C1. The number of hydrogen-bond donors (Lipinski definition) is 3. The van der Waals surface area contributed by atoms with Gasteiger partial charge in [0.25, 0.3) is 0 Å². The second kappa shape index (κ2) is 3.81. The number of aliphatic hydroxyl groups excluding tert-OH is 2. The van der Waals surface area contributed by atoms with Gasteiger partial charge in [-0.05, 0) is 6.92 Å². The number of H-pyrrole nitrogens is 1. The zero-order valence-electron chi connectivity index (χ0n) is 8.66. The van der Waals surface area contributed by atoms with Crippen LogP contribution >= 0.6 is 0 Å². The van der Waals surface area contributed by atoms with Crippen molar-refractivity contribution in [2.75, 3.05) is 13.1 Å². The van der Waals surface area contributed by atoms with Crippen molar-refractivity contribution in [1.29, 1.82) is 0 Å². The van der Waals surface area contributed by atoms with E-state index in [0.717, 1.165) is 4.31 Å². The van der Waals surface area contributed by atoms with Gasteiger partial charge < -0.3 is 10.2 Å². The van der Waals surface area contributed by atoms with Crippen molar-refractivity contribution in [3.05, 3.63) is 11.9 Å². The lowest BCUT2D eigenvalue weighted by molar-refractivity contribution is 0.0572. The molecule has 3 N–H and O–H groups in total. The summed E-state index contributed by atoms with van der Waals surface area (Å²) in [7, 11) is -3.67. The fourth-order valence-corrected chi connectivity index (χ4v) is 3.26. The average Bonchev–Trinajstić information content (AvgIpc) is 2.75. The van der Waals surface area contributed by atoms with Crippen molar-refractivity contribution in [2.45, 2.75) is 24.0 Å². The minimum absolute atomic E-state index is 0.0776. The summed E-state index contributed by atoms with van der Waals surface area (Å²) in [6.07, 6.45) is -0.828. The van der Waals surface area contributed by atoms with Crippen LogP contribution < -0.4 is 0 Å². The summed E-state index contributed by atoms with van der Waals surface area (Å²) in [5.41, 5.74) is 0.441. The largest absolute Gasteiger partial charge is 0.389 e. The molecule has 1 aliphatic heterocycles. The van der Waals surface area contributed by atoms with Gasteiger partial charge in [-0.1, -0.05) is 0 Å². The van der Waals surface area contributed by atoms with E-state index in [1.165, 1.54) is 6.20 Å². The number of aryl methyl sites for hydroxylation is 1. The maximum Gasteiger partial charge on any atom is 0.246 e. The molecule has 1 saturated heterocycles. The molecule has 1 fully saturated rings. The third-order valence-electron chi connectivity index (χ3n) is 2.63. The van der Waals surface area contributed by atoms with Crippen molar-refractivity contribution in [3.8, 4) is 0 Å². The molecule has 90 valence electrons. The number of β-amino-alcohol motifs (C(OH)–C–C–N with tert-alkyl or cyclic N) is 2. The molecule has 0 amide bonds. The van der Waals surface area contributed by atoms with Crippen LogP contribution in [0.4, 0.5) is 0 Å². The van der Waals surface area contributed by atoms with Gasteiger partial charge in [0.15, 0.2) is 0 Å². The van der Waals surface area contributed by atoms with Crippen molar-refractivity contribution in [2.24, 2.45) is 0 Å². The molecule has 0 aromatic carbocycles. The number of nitrogens with zero attached hydrogens (tertiary/aromatic N) is 2. The van der Waals surface area contributed by atoms with E-state index in [0.29, 0.717) is 5.69 Å². The standard InChI is InChI=1S/C8H13N3O4S/c1-5-8(2-9-10-5)16(14,15)11-3-6(12)7(13)4-11/h2,6-7,12-13H,3-4H2,1H3,(H,9,10). The first kappa shape index (κ1) is 11.5. The topological polar surface area (TPSA) is 107 Å². The van der Waals surface area contributed by atoms with Gasteiger partial charge >= 0.3 is 0 Å². The van der Waals surface area contributed by atoms with E-state index in [-0.39, 0.29) is 18.0 Å². The Morgan fingerprint density at radius 3 is 2.44 bits per heavy atom. The predicted octanol–water partition coefficient (Wildman–Crippen LogP) is -1.56. The molecule has 1 aliphatic rings. The monoisotopic (exact) mass is 247 g/mol. The Balaban J connectivity index is 2.31. The molecule has 1 aromatic rings. The van der Waals surface area contributed by atoms with E-state index in [1.807, 2.05) is 0 Å². The minimum atomic E-state index is -3.67. The van der Waals surface area contributed by atoms with Gasteiger partial charge in [-0.3, -0.25) is 5.10 Å². The summed E-state index contributed by atoms with van der Waals surface area (Å²) in [5.74, 6) is 0. The van der Waals surface area contributed by atoms with E-state index in [1.54, 1.807) is 6.92 Å². The molecule has 2 heterocycles. The van der Waals surface area contributed by atoms with Crippen LogP contribution in [0, 0.1) is 6.92 Å². The second-order valence-corrected chi connectivity index (χ2v) is 5.72. The fraction of sp³-hybridized carbons (Fsp3) is 0.625. The highest BCUT2D eigenvalue weighted by Crippen LogP contribution is 2.22. The maximum absolute atomic E-state index is 12.1. The third kappa shape index (κ3) is 1.73. The van der Waals surface area contributed by atoms with E-state index in [4.69, 9.17) is 0 Å². The zero-order valence-corrected chi connectivity index (χ0v) is 9.48. The second-order valence-electron chi connectivity index (χ2n) is 3.82. The lowest BCUT2D eigenvalue weighted by Crippen LogP contribution is -2.30. The molecule has 0 spiro atoms. The molecular formula is C8H13N3O4S. The Hall–Kier alpha value is -0.960. The lowest BCUT2D eigenvalue weighted by Gasteiger charge is -2.14. The van der Waals surface area contributed by atoms with E-state index >= 15 is 0 Å². The van der Waals surface area contributed by atoms with Crippen LogP contribution in [0.5, 0.6) is 0 Å². The van der Waals surface area contributed by atoms with Crippen LogP contribution in [-0.2, 0) is 10.0 Å². The highest BCUT2D eigenvalue weighted by molar-refractivity contribution is 7.89. The highest BCUT2D eigenvalue weighted by Gasteiger charge is 2.38. The smallest absolute Gasteiger partial charge is 0.246 e. The quantitative estimate of drug-likeness (QED) is 0.586. The van der Waals surface area contributed by atoms with Crippen LogP contribution in [0.3, 0.4) is 0 Å². The van der Waals surface area contributed by atoms with Crippen LogP contribution in [0.1, 0.15) is 5.69 Å². The molecular weight excluding hydrogens is 234 g/mol. The Kier molecular flexibility index (Phi) is 2.74. The van der Waals surface area contributed by atoms with Crippen molar-refractivity contribution in [1.82, 2.24) is 14.5 Å².